The molecule has 0 saturated heterocycles. The van der Waals surface area contributed by atoms with Gasteiger partial charge in [-0.15, -0.1) is 0 Å². The molecule has 0 aromatic carbocycles. The van der Waals surface area contributed by atoms with Gasteiger partial charge in [0.15, 0.2) is 0 Å². The van der Waals surface area contributed by atoms with Crippen molar-refractivity contribution in [3.8, 4) is 0 Å². The van der Waals surface area contributed by atoms with Crippen LogP contribution in [0.25, 0.3) is 0 Å². The molecule has 6 nitrogen and oxygen atoms in total. The predicted octanol–water partition coefficient (Wildman–Crippen LogP) is 1.56. The van der Waals surface area contributed by atoms with Crippen molar-refractivity contribution in [1.82, 2.24) is 4.98 Å². The lowest BCUT2D eigenvalue weighted by molar-refractivity contribution is -0.384. The Bertz CT molecular complexity index is 411. The number of nitro groups is 1. The third-order valence-electron chi connectivity index (χ3n) is 3.23. The van der Waals surface area contributed by atoms with E-state index in [1.807, 2.05) is 0 Å². The van der Waals surface area contributed by atoms with Gasteiger partial charge in [0.1, 0.15) is 11.9 Å². The fraction of sp³-hybridized carbons (Fsp3) is 0.545. The first kappa shape index (κ1) is 11.8. The molecule has 1 saturated carbocycles. The zero-order chi connectivity index (χ0) is 12.3. The second kappa shape index (κ2) is 5.09. The van der Waals surface area contributed by atoms with Crippen LogP contribution in [-0.4, -0.2) is 27.7 Å². The first-order valence-electron chi connectivity index (χ1n) is 5.68. The van der Waals surface area contributed by atoms with Gasteiger partial charge in [-0.25, -0.2) is 0 Å². The van der Waals surface area contributed by atoms with Crippen molar-refractivity contribution in [1.29, 1.82) is 0 Å². The summed E-state index contributed by atoms with van der Waals surface area (Å²) >= 11 is 0. The Morgan fingerprint density at radius 2 is 2.41 bits per heavy atom. The number of aliphatic hydroxyl groups is 1. The van der Waals surface area contributed by atoms with Crippen molar-refractivity contribution >= 4 is 11.4 Å². The van der Waals surface area contributed by atoms with Crippen molar-refractivity contribution in [2.24, 2.45) is 5.92 Å². The van der Waals surface area contributed by atoms with Crippen LogP contribution in [0.4, 0.5) is 11.4 Å². The third-order valence-corrected chi connectivity index (χ3v) is 3.23. The molecular formula is C11H15N3O3. The number of rotatable bonds is 4. The van der Waals surface area contributed by atoms with E-state index in [2.05, 4.69) is 10.3 Å². The van der Waals surface area contributed by atoms with Gasteiger partial charge in [0.25, 0.3) is 0 Å². The van der Waals surface area contributed by atoms with E-state index in [0.717, 1.165) is 19.3 Å². The summed E-state index contributed by atoms with van der Waals surface area (Å²) in [7, 11) is 0. The van der Waals surface area contributed by atoms with Crippen LogP contribution in [-0.2, 0) is 0 Å². The van der Waals surface area contributed by atoms with E-state index in [4.69, 9.17) is 0 Å². The van der Waals surface area contributed by atoms with Crippen molar-refractivity contribution in [3.63, 3.8) is 0 Å². The average molecular weight is 237 g/mol. The summed E-state index contributed by atoms with van der Waals surface area (Å²) in [5, 5.41) is 23.2. The molecule has 1 fully saturated rings. The van der Waals surface area contributed by atoms with E-state index in [9.17, 15) is 15.2 Å². The summed E-state index contributed by atoms with van der Waals surface area (Å²) in [6.07, 6.45) is 5.71. The molecule has 2 atom stereocenters. The zero-order valence-electron chi connectivity index (χ0n) is 9.37. The van der Waals surface area contributed by atoms with Crippen molar-refractivity contribution in [2.45, 2.75) is 25.3 Å². The molecular weight excluding hydrogens is 222 g/mol. The highest BCUT2D eigenvalue weighted by Gasteiger charge is 2.28. The number of nitrogens with zero attached hydrogens (tertiary/aromatic N) is 2. The maximum Gasteiger partial charge on any atom is 0.310 e. The van der Waals surface area contributed by atoms with Gasteiger partial charge in [0.2, 0.25) is 0 Å². The predicted molar refractivity (Wildman–Crippen MR) is 62.7 cm³/mol. The van der Waals surface area contributed by atoms with Gasteiger partial charge in [-0.05, 0) is 18.9 Å². The molecule has 1 aliphatic rings. The Morgan fingerprint density at radius 3 is 3.12 bits per heavy atom. The van der Waals surface area contributed by atoms with Crippen LogP contribution in [0.2, 0.25) is 0 Å². The molecule has 92 valence electrons. The molecule has 1 aliphatic carbocycles. The average Bonchev–Trinajstić information content (AvgIpc) is 2.77. The minimum atomic E-state index is -0.446. The van der Waals surface area contributed by atoms with Crippen LogP contribution >= 0.6 is 0 Å². The highest BCUT2D eigenvalue weighted by atomic mass is 16.6. The van der Waals surface area contributed by atoms with Gasteiger partial charge in [-0.1, -0.05) is 6.42 Å². The second-order valence-electron chi connectivity index (χ2n) is 4.27. The van der Waals surface area contributed by atoms with Gasteiger partial charge in [0.05, 0.1) is 4.92 Å². The smallest absolute Gasteiger partial charge is 0.310 e. The Labute approximate surface area is 98.8 Å². The number of hydrogen-bond acceptors (Lipinski definition) is 5. The first-order valence-corrected chi connectivity index (χ1v) is 5.68. The quantitative estimate of drug-likeness (QED) is 0.612. The summed E-state index contributed by atoms with van der Waals surface area (Å²) in [5.74, 6) is 0.183. The molecule has 0 aliphatic heterocycles. The van der Waals surface area contributed by atoms with Crippen molar-refractivity contribution < 1.29 is 10.0 Å². The highest BCUT2D eigenvalue weighted by Crippen LogP contribution is 2.31. The summed E-state index contributed by atoms with van der Waals surface area (Å²) in [5.41, 5.74) is 0.464. The Kier molecular flexibility index (Phi) is 3.53. The molecule has 0 radical (unpaired) electrons. The Hall–Kier alpha value is -1.69. The molecule has 2 N–H and O–H groups in total. The van der Waals surface area contributed by atoms with Gasteiger partial charge in [-0.2, -0.15) is 0 Å². The number of aliphatic hydroxyl groups excluding tert-OH is 1. The maximum atomic E-state index is 10.8. The standard InChI is InChI=1S/C11H15N3O3/c15-7-8-2-1-3-9(8)13-10-4-5-12-6-11(10)14(16)17/h4-6,8-9,15H,1-3,7H2,(H,12,13). The molecule has 0 amide bonds. The minimum Gasteiger partial charge on any atom is -0.396 e. The van der Waals surface area contributed by atoms with Gasteiger partial charge in [0, 0.05) is 24.8 Å². The molecule has 17 heavy (non-hydrogen) atoms. The molecule has 1 heterocycles. The number of nitrogens with one attached hydrogen (secondary N) is 1. The van der Waals surface area contributed by atoms with Gasteiger partial charge in [-0.3, -0.25) is 15.1 Å². The lowest BCUT2D eigenvalue weighted by atomic mass is 10.0. The molecule has 0 bridgehead atoms. The molecule has 2 rings (SSSR count). The normalized spacial score (nSPS) is 23.6. The summed E-state index contributed by atoms with van der Waals surface area (Å²) < 4.78 is 0. The molecule has 2 unspecified atom stereocenters. The van der Waals surface area contributed by atoms with E-state index in [1.54, 1.807) is 6.07 Å². The van der Waals surface area contributed by atoms with Crippen LogP contribution in [0.5, 0.6) is 0 Å². The molecule has 1 aromatic heterocycles. The Morgan fingerprint density at radius 1 is 1.59 bits per heavy atom. The van der Waals surface area contributed by atoms with E-state index in [1.165, 1.54) is 12.4 Å². The van der Waals surface area contributed by atoms with E-state index in [-0.39, 0.29) is 24.3 Å². The maximum absolute atomic E-state index is 10.8. The monoisotopic (exact) mass is 237 g/mol. The molecule has 1 aromatic rings. The van der Waals surface area contributed by atoms with Crippen molar-refractivity contribution in [2.75, 3.05) is 11.9 Å². The zero-order valence-corrected chi connectivity index (χ0v) is 9.37. The van der Waals surface area contributed by atoms with Crippen molar-refractivity contribution in [3.05, 3.63) is 28.6 Å². The van der Waals surface area contributed by atoms with E-state index >= 15 is 0 Å². The highest BCUT2D eigenvalue weighted by molar-refractivity contribution is 5.60. The van der Waals surface area contributed by atoms with Crippen LogP contribution in [0.3, 0.4) is 0 Å². The van der Waals surface area contributed by atoms with Crippen LogP contribution in [0.1, 0.15) is 19.3 Å². The third kappa shape index (κ3) is 2.52. The summed E-state index contributed by atoms with van der Waals surface area (Å²) in [6.45, 7) is 0.122. The van der Waals surface area contributed by atoms with Crippen LogP contribution in [0, 0.1) is 16.0 Å². The fourth-order valence-electron chi connectivity index (χ4n) is 2.30. The largest absolute Gasteiger partial charge is 0.396 e. The first-order chi connectivity index (χ1) is 8.22. The number of pyridine rings is 1. The lowest BCUT2D eigenvalue weighted by Gasteiger charge is -2.19. The number of anilines is 1. The van der Waals surface area contributed by atoms with Crippen LogP contribution < -0.4 is 5.32 Å². The Balaban J connectivity index is 2.15. The number of hydrogen-bond donors (Lipinski definition) is 2. The second-order valence-corrected chi connectivity index (χ2v) is 4.27. The molecule has 0 spiro atoms. The van der Waals surface area contributed by atoms with E-state index < -0.39 is 4.92 Å². The molecule has 6 heteroatoms. The SMILES string of the molecule is O=[N+]([O-])c1cnccc1NC1CCCC1CO. The lowest BCUT2D eigenvalue weighted by Crippen LogP contribution is -2.26. The number of aromatic nitrogens is 1. The van der Waals surface area contributed by atoms with Crippen LogP contribution in [0.15, 0.2) is 18.5 Å². The fourth-order valence-corrected chi connectivity index (χ4v) is 2.30. The van der Waals surface area contributed by atoms with Gasteiger partial charge >= 0.3 is 5.69 Å². The van der Waals surface area contributed by atoms with Gasteiger partial charge < -0.3 is 10.4 Å². The van der Waals surface area contributed by atoms with E-state index in [0.29, 0.717) is 5.69 Å². The summed E-state index contributed by atoms with van der Waals surface area (Å²) in [4.78, 5) is 14.1. The minimum absolute atomic E-state index is 0.0175. The summed E-state index contributed by atoms with van der Waals surface area (Å²) in [6, 6.07) is 1.71. The topological polar surface area (TPSA) is 88.3 Å².